The normalized spacial score (nSPS) is 12.4. The Morgan fingerprint density at radius 3 is 2.27 bits per heavy atom. The van der Waals surface area contributed by atoms with Crippen LogP contribution in [0, 0.1) is 19.7 Å². The molecule has 0 aliphatic heterocycles. The van der Waals surface area contributed by atoms with Crippen LogP contribution in [-0.4, -0.2) is 20.4 Å². The molecule has 156 valence electrons. The van der Waals surface area contributed by atoms with E-state index in [1.54, 1.807) is 6.07 Å². The maximum Gasteiger partial charge on any atom is 0.242 e. The first-order valence-corrected chi connectivity index (χ1v) is 10.9. The zero-order valence-corrected chi connectivity index (χ0v) is 17.5. The third-order valence-corrected chi connectivity index (χ3v) is 6.15. The summed E-state index contributed by atoms with van der Waals surface area (Å²) in [5.41, 5.74) is 3.36. The van der Waals surface area contributed by atoms with Gasteiger partial charge in [0.15, 0.2) is 0 Å². The maximum absolute atomic E-state index is 13.2. The lowest BCUT2D eigenvalue weighted by Crippen LogP contribution is -2.45. The first kappa shape index (κ1) is 21.7. The third kappa shape index (κ3) is 5.52. The summed E-state index contributed by atoms with van der Waals surface area (Å²) in [6, 6.07) is 18.1. The molecule has 7 heteroatoms. The Bertz CT molecular complexity index is 1130. The first-order chi connectivity index (χ1) is 14.2. The van der Waals surface area contributed by atoms with Crippen LogP contribution >= 0.6 is 0 Å². The lowest BCUT2D eigenvalue weighted by molar-refractivity contribution is -0.117. The summed E-state index contributed by atoms with van der Waals surface area (Å²) in [5, 5.41) is 2.82. The fourth-order valence-electron chi connectivity index (χ4n) is 3.08. The van der Waals surface area contributed by atoms with Crippen LogP contribution in [0.3, 0.4) is 0 Å². The highest BCUT2D eigenvalue weighted by molar-refractivity contribution is 7.89. The molecule has 0 aliphatic rings. The number of hydrogen-bond acceptors (Lipinski definition) is 3. The minimum absolute atomic E-state index is 0.110. The zero-order chi connectivity index (χ0) is 21.7. The van der Waals surface area contributed by atoms with E-state index in [0.717, 1.165) is 28.8 Å². The van der Waals surface area contributed by atoms with Crippen molar-refractivity contribution in [2.45, 2.75) is 31.2 Å². The number of carbonyl (C=O) groups is 1. The fourth-order valence-corrected chi connectivity index (χ4v) is 4.28. The molecule has 5 nitrogen and oxygen atoms in total. The lowest BCUT2D eigenvalue weighted by Gasteiger charge is -2.20. The Morgan fingerprint density at radius 1 is 0.967 bits per heavy atom. The molecule has 0 bridgehead atoms. The second-order valence-electron chi connectivity index (χ2n) is 7.13. The second-order valence-corrected chi connectivity index (χ2v) is 8.84. The number of aryl methyl sites for hydroxylation is 2. The molecule has 0 heterocycles. The quantitative estimate of drug-likeness (QED) is 0.600. The van der Waals surface area contributed by atoms with E-state index in [1.165, 1.54) is 12.1 Å². The van der Waals surface area contributed by atoms with Gasteiger partial charge in [0, 0.05) is 5.69 Å². The van der Waals surface area contributed by atoms with Gasteiger partial charge in [-0.25, -0.2) is 12.8 Å². The highest BCUT2D eigenvalue weighted by Gasteiger charge is 2.26. The Labute approximate surface area is 176 Å². The average Bonchev–Trinajstić information content (AvgIpc) is 2.70. The molecule has 0 saturated heterocycles. The Morgan fingerprint density at radius 2 is 1.63 bits per heavy atom. The van der Waals surface area contributed by atoms with Crippen molar-refractivity contribution >= 4 is 21.6 Å². The average molecular weight is 427 g/mol. The van der Waals surface area contributed by atoms with E-state index >= 15 is 0 Å². The molecule has 1 atom stereocenters. The largest absolute Gasteiger partial charge is 0.324 e. The van der Waals surface area contributed by atoms with Gasteiger partial charge in [0.2, 0.25) is 15.9 Å². The molecular formula is C23H23FN2O3S. The molecule has 3 aromatic rings. The van der Waals surface area contributed by atoms with E-state index in [2.05, 4.69) is 10.0 Å². The zero-order valence-electron chi connectivity index (χ0n) is 16.7. The molecule has 0 unspecified atom stereocenters. The first-order valence-electron chi connectivity index (χ1n) is 9.44. The highest BCUT2D eigenvalue weighted by Crippen LogP contribution is 2.18. The molecule has 0 aromatic heterocycles. The van der Waals surface area contributed by atoms with Crippen molar-refractivity contribution in [2.75, 3.05) is 5.32 Å². The van der Waals surface area contributed by atoms with Gasteiger partial charge >= 0.3 is 0 Å². The number of nitrogens with one attached hydrogen (secondary N) is 2. The van der Waals surface area contributed by atoms with E-state index in [9.17, 15) is 17.6 Å². The van der Waals surface area contributed by atoms with Crippen molar-refractivity contribution in [1.82, 2.24) is 4.72 Å². The SMILES string of the molecule is Cc1ccc(NC(=O)[C@H](Cc2ccccc2)NS(=O)(=O)c2ccc(F)cc2)c(C)c1. The molecule has 1 amide bonds. The Hall–Kier alpha value is -3.03. The van der Waals surface area contributed by atoms with Crippen molar-refractivity contribution in [3.63, 3.8) is 0 Å². The molecule has 3 rings (SSSR count). The molecule has 0 fully saturated rings. The van der Waals surface area contributed by atoms with Crippen LogP contribution in [-0.2, 0) is 21.2 Å². The summed E-state index contributed by atoms with van der Waals surface area (Å²) in [5.74, 6) is -1.01. The number of amides is 1. The minimum Gasteiger partial charge on any atom is -0.324 e. The molecule has 2 N–H and O–H groups in total. The third-order valence-electron chi connectivity index (χ3n) is 4.66. The molecule has 30 heavy (non-hydrogen) atoms. The summed E-state index contributed by atoms with van der Waals surface area (Å²) in [6.45, 7) is 3.82. The van der Waals surface area contributed by atoms with Gasteiger partial charge in [-0.3, -0.25) is 4.79 Å². The van der Waals surface area contributed by atoms with Crippen molar-refractivity contribution in [2.24, 2.45) is 0 Å². The maximum atomic E-state index is 13.2. The standard InChI is InChI=1S/C23H23FN2O3S/c1-16-8-13-21(17(2)14-16)25-23(27)22(15-18-6-4-3-5-7-18)26-30(28,29)20-11-9-19(24)10-12-20/h3-14,22,26H,15H2,1-2H3,(H,25,27)/t22-/m0/s1. The summed E-state index contributed by atoms with van der Waals surface area (Å²) in [7, 11) is -4.03. The van der Waals surface area contributed by atoms with Crippen molar-refractivity contribution < 1.29 is 17.6 Å². The fraction of sp³-hybridized carbons (Fsp3) is 0.174. The molecule has 3 aromatic carbocycles. The van der Waals surface area contributed by atoms with Gasteiger partial charge in [0.1, 0.15) is 11.9 Å². The smallest absolute Gasteiger partial charge is 0.242 e. The summed E-state index contributed by atoms with van der Waals surface area (Å²) < 4.78 is 41.2. The molecule has 0 radical (unpaired) electrons. The van der Waals surface area contributed by atoms with Crippen LogP contribution in [0.5, 0.6) is 0 Å². The predicted molar refractivity (Wildman–Crippen MR) is 115 cm³/mol. The topological polar surface area (TPSA) is 75.3 Å². The summed E-state index contributed by atoms with van der Waals surface area (Å²) in [4.78, 5) is 12.9. The van der Waals surface area contributed by atoms with Gasteiger partial charge in [-0.15, -0.1) is 0 Å². The number of hydrogen-bond donors (Lipinski definition) is 2. The van der Waals surface area contributed by atoms with Crippen LogP contribution < -0.4 is 10.0 Å². The molecule has 0 spiro atoms. The number of carbonyl (C=O) groups excluding carboxylic acids is 1. The molecule has 0 saturated carbocycles. The predicted octanol–water partition coefficient (Wildman–Crippen LogP) is 3.97. The van der Waals surface area contributed by atoms with Gasteiger partial charge in [-0.1, -0.05) is 48.0 Å². The summed E-state index contributed by atoms with van der Waals surface area (Å²) >= 11 is 0. The van der Waals surface area contributed by atoms with Crippen LogP contribution in [0.25, 0.3) is 0 Å². The van der Waals surface area contributed by atoms with Gasteiger partial charge in [-0.2, -0.15) is 4.72 Å². The van der Waals surface area contributed by atoms with Crippen molar-refractivity contribution in [3.05, 3.63) is 95.3 Å². The van der Waals surface area contributed by atoms with Crippen LogP contribution in [0.4, 0.5) is 10.1 Å². The number of benzene rings is 3. The minimum atomic E-state index is -4.03. The number of rotatable bonds is 7. The Kier molecular flexibility index (Phi) is 6.64. The van der Waals surface area contributed by atoms with Crippen LogP contribution in [0.2, 0.25) is 0 Å². The Balaban J connectivity index is 1.87. The number of anilines is 1. The summed E-state index contributed by atoms with van der Waals surface area (Å²) in [6.07, 6.45) is 0.165. The van der Waals surface area contributed by atoms with E-state index < -0.39 is 27.8 Å². The highest BCUT2D eigenvalue weighted by atomic mass is 32.2. The van der Waals surface area contributed by atoms with Crippen LogP contribution in [0.15, 0.2) is 77.7 Å². The second kappa shape index (κ2) is 9.19. The van der Waals surface area contributed by atoms with Crippen LogP contribution in [0.1, 0.15) is 16.7 Å². The van der Waals surface area contributed by atoms with Crippen molar-refractivity contribution in [3.8, 4) is 0 Å². The monoisotopic (exact) mass is 426 g/mol. The number of sulfonamides is 1. The van der Waals surface area contributed by atoms with Gasteiger partial charge in [-0.05, 0) is 61.7 Å². The number of halogens is 1. The van der Waals surface area contributed by atoms with Gasteiger partial charge < -0.3 is 5.32 Å². The van der Waals surface area contributed by atoms with Gasteiger partial charge in [0.25, 0.3) is 0 Å². The van der Waals surface area contributed by atoms with E-state index in [4.69, 9.17) is 0 Å². The van der Waals surface area contributed by atoms with E-state index in [0.29, 0.717) is 5.69 Å². The molecular weight excluding hydrogens is 403 g/mol. The van der Waals surface area contributed by atoms with Crippen molar-refractivity contribution in [1.29, 1.82) is 0 Å². The lowest BCUT2D eigenvalue weighted by atomic mass is 10.1. The van der Waals surface area contributed by atoms with E-state index in [1.807, 2.05) is 56.3 Å². The van der Waals surface area contributed by atoms with E-state index in [-0.39, 0.29) is 11.3 Å². The van der Waals surface area contributed by atoms with Gasteiger partial charge in [0.05, 0.1) is 4.90 Å². The molecule has 0 aliphatic carbocycles.